The molecule has 266 valence electrons. The number of nitrogens with one attached hydrogen (secondary N) is 1. The van der Waals surface area contributed by atoms with E-state index in [1.165, 1.54) is 14.2 Å². The number of aliphatic hydroxyl groups is 4. The van der Waals surface area contributed by atoms with Gasteiger partial charge in [0.15, 0.2) is 11.9 Å². The molecule has 1 saturated heterocycles. The van der Waals surface area contributed by atoms with E-state index in [0.29, 0.717) is 16.7 Å². The molecule has 1 amide bonds. The van der Waals surface area contributed by atoms with Crippen molar-refractivity contribution in [3.05, 3.63) is 47.0 Å². The standard InChI is InChI=1S/C35H49NO12/c1-17-20(47-30(40)25(37)24(19-12-10-9-11-13-19)36-31(41)48-32(3,4)5)15-34(42)18(2)23(17)26(45-8)28(38)33(6)21(44-7)14-22-35(43,16-46-22)27(33)29(34)39/h9-13,18,20-22,24-27,29,37,39,42-43H,14-16H2,1-8H3,(H,36,41). The second kappa shape index (κ2) is 12.8. The van der Waals surface area contributed by atoms with Crippen LogP contribution in [0.2, 0.25) is 0 Å². The highest BCUT2D eigenvalue weighted by Gasteiger charge is 2.74. The van der Waals surface area contributed by atoms with E-state index in [-0.39, 0.29) is 19.4 Å². The van der Waals surface area contributed by atoms with Crippen LogP contribution in [0.4, 0.5) is 4.79 Å². The number of amides is 1. The summed E-state index contributed by atoms with van der Waals surface area (Å²) in [6.45, 7) is 9.80. The first-order valence-corrected chi connectivity index (χ1v) is 16.3. The zero-order valence-electron chi connectivity index (χ0n) is 28.8. The Balaban J connectivity index is 1.53. The van der Waals surface area contributed by atoms with Crippen LogP contribution < -0.4 is 5.32 Å². The molecule has 0 radical (unpaired) electrons. The minimum Gasteiger partial charge on any atom is -0.456 e. The molecule has 1 aromatic rings. The zero-order chi connectivity index (χ0) is 35.6. The summed E-state index contributed by atoms with van der Waals surface area (Å²) >= 11 is 0. The lowest BCUT2D eigenvalue weighted by Crippen LogP contribution is -2.80. The predicted octanol–water partition coefficient (Wildman–Crippen LogP) is 1.74. The maximum atomic E-state index is 14.6. The van der Waals surface area contributed by atoms with Crippen LogP contribution in [-0.4, -0.2) is 113 Å². The topological polar surface area (TPSA) is 190 Å². The van der Waals surface area contributed by atoms with Crippen LogP contribution >= 0.6 is 0 Å². The number of aliphatic hydroxyl groups excluding tert-OH is 2. The molecule has 5 rings (SSSR count). The summed E-state index contributed by atoms with van der Waals surface area (Å²) in [6, 6.07) is 7.07. The van der Waals surface area contributed by atoms with Crippen LogP contribution in [0.1, 0.15) is 66.0 Å². The molecule has 0 aromatic heterocycles. The van der Waals surface area contributed by atoms with Crippen molar-refractivity contribution in [2.75, 3.05) is 20.8 Å². The van der Waals surface area contributed by atoms with Gasteiger partial charge in [-0.15, -0.1) is 0 Å². The summed E-state index contributed by atoms with van der Waals surface area (Å²) in [5, 5.41) is 50.5. The molecule has 13 nitrogen and oxygen atoms in total. The quantitative estimate of drug-likeness (QED) is 0.208. The highest BCUT2D eigenvalue weighted by Crippen LogP contribution is 2.60. The van der Waals surface area contributed by atoms with Crippen molar-refractivity contribution >= 4 is 17.8 Å². The van der Waals surface area contributed by atoms with Gasteiger partial charge in [0, 0.05) is 38.9 Å². The Labute approximate surface area is 280 Å². The molecule has 3 aliphatic carbocycles. The summed E-state index contributed by atoms with van der Waals surface area (Å²) in [4.78, 5) is 41.1. The molecular weight excluding hydrogens is 626 g/mol. The third kappa shape index (κ3) is 5.76. The van der Waals surface area contributed by atoms with Gasteiger partial charge in [-0.25, -0.2) is 9.59 Å². The van der Waals surface area contributed by atoms with Crippen molar-refractivity contribution in [2.24, 2.45) is 17.3 Å². The Kier molecular flexibility index (Phi) is 9.67. The van der Waals surface area contributed by atoms with E-state index in [1.807, 2.05) is 0 Å². The van der Waals surface area contributed by atoms with Gasteiger partial charge in [0.25, 0.3) is 0 Å². The summed E-state index contributed by atoms with van der Waals surface area (Å²) < 4.78 is 28.5. The number of rotatable bonds is 7. The molecule has 1 aromatic carbocycles. The minimum atomic E-state index is -2.03. The van der Waals surface area contributed by atoms with Gasteiger partial charge in [-0.05, 0) is 51.3 Å². The molecule has 48 heavy (non-hydrogen) atoms. The number of carbonyl (C=O) groups excluding carboxylic acids is 3. The molecule has 3 fully saturated rings. The number of Topliss-reactive ketones (excluding diaryl/α,β-unsaturated/α-hetero) is 1. The van der Waals surface area contributed by atoms with Crippen LogP contribution in [0.15, 0.2) is 41.5 Å². The lowest BCUT2D eigenvalue weighted by molar-refractivity contribution is -0.343. The smallest absolute Gasteiger partial charge is 0.408 e. The van der Waals surface area contributed by atoms with E-state index in [1.54, 1.807) is 71.9 Å². The third-order valence-corrected chi connectivity index (χ3v) is 11.1. The fraction of sp³-hybridized carbons (Fsp3) is 0.686. The van der Waals surface area contributed by atoms with E-state index < -0.39 is 94.6 Å². The molecule has 1 heterocycles. The molecule has 1 aliphatic heterocycles. The Morgan fingerprint density at radius 2 is 1.73 bits per heavy atom. The zero-order valence-corrected chi connectivity index (χ0v) is 28.8. The van der Waals surface area contributed by atoms with Gasteiger partial charge >= 0.3 is 12.1 Å². The number of methoxy groups -OCH3 is 2. The van der Waals surface area contributed by atoms with Crippen molar-refractivity contribution in [1.29, 1.82) is 0 Å². The highest BCUT2D eigenvalue weighted by molar-refractivity contribution is 5.93. The summed E-state index contributed by atoms with van der Waals surface area (Å²) in [5.74, 6) is -3.69. The monoisotopic (exact) mass is 675 g/mol. The number of ketones is 1. The average molecular weight is 676 g/mol. The summed E-state index contributed by atoms with van der Waals surface area (Å²) in [6.07, 6.45) is -8.60. The van der Waals surface area contributed by atoms with Gasteiger partial charge in [-0.1, -0.05) is 37.3 Å². The van der Waals surface area contributed by atoms with Crippen molar-refractivity contribution in [1.82, 2.24) is 5.32 Å². The molecule has 2 saturated carbocycles. The van der Waals surface area contributed by atoms with E-state index in [9.17, 15) is 34.8 Å². The van der Waals surface area contributed by atoms with Crippen LogP contribution in [0.3, 0.4) is 0 Å². The van der Waals surface area contributed by atoms with Crippen molar-refractivity contribution in [2.45, 2.75) is 114 Å². The molecule has 4 aliphatic rings. The molecule has 12 unspecified atom stereocenters. The summed E-state index contributed by atoms with van der Waals surface area (Å²) in [7, 11) is 2.80. The fourth-order valence-electron chi connectivity index (χ4n) is 8.44. The molecule has 12 atom stereocenters. The Morgan fingerprint density at radius 3 is 2.27 bits per heavy atom. The molecule has 13 heteroatoms. The first-order chi connectivity index (χ1) is 22.3. The normalized spacial score (nSPS) is 39.1. The number of benzene rings is 1. The molecule has 0 spiro atoms. The van der Waals surface area contributed by atoms with E-state index in [2.05, 4.69) is 5.32 Å². The molecular formula is C35H49NO12. The fourth-order valence-corrected chi connectivity index (χ4v) is 8.44. The Hall–Kier alpha value is -2.91. The maximum Gasteiger partial charge on any atom is 0.408 e. The number of hydrogen-bond acceptors (Lipinski definition) is 12. The van der Waals surface area contributed by atoms with Crippen LogP contribution in [0, 0.1) is 17.3 Å². The number of fused-ring (bicyclic) bond motifs is 5. The highest BCUT2D eigenvalue weighted by atomic mass is 16.6. The van der Waals surface area contributed by atoms with E-state index >= 15 is 0 Å². The predicted molar refractivity (Wildman–Crippen MR) is 169 cm³/mol. The molecule has 2 bridgehead atoms. The van der Waals surface area contributed by atoms with E-state index in [0.717, 1.165) is 0 Å². The first-order valence-electron chi connectivity index (χ1n) is 16.3. The SMILES string of the molecule is COC1C(=O)C2(C)C(OC)CC3OCC3(O)C2C(O)C2(O)CC(OC(=O)C(O)C(NC(=O)OC(C)(C)C)c3ccccc3)C(C)=C1C2C. The maximum absolute atomic E-state index is 14.6. The van der Waals surface area contributed by atoms with Gasteiger partial charge in [0.1, 0.15) is 29.0 Å². The number of carbonyl (C=O) groups is 3. The number of hydrogen-bond donors (Lipinski definition) is 5. The minimum absolute atomic E-state index is 0.154. The van der Waals surface area contributed by atoms with Gasteiger partial charge in [0.2, 0.25) is 0 Å². The third-order valence-electron chi connectivity index (χ3n) is 11.1. The van der Waals surface area contributed by atoms with Crippen LogP contribution in [0.5, 0.6) is 0 Å². The largest absolute Gasteiger partial charge is 0.456 e. The summed E-state index contributed by atoms with van der Waals surface area (Å²) in [5.41, 5.74) is -4.91. The van der Waals surface area contributed by atoms with Gasteiger partial charge < -0.3 is 49.4 Å². The second-order valence-corrected chi connectivity index (χ2v) is 14.9. The molecule has 5 N–H and O–H groups in total. The van der Waals surface area contributed by atoms with Crippen molar-refractivity contribution in [3.8, 4) is 0 Å². The van der Waals surface area contributed by atoms with Gasteiger partial charge in [-0.2, -0.15) is 0 Å². The van der Waals surface area contributed by atoms with Crippen LogP contribution in [-0.2, 0) is 33.3 Å². The van der Waals surface area contributed by atoms with E-state index in [4.69, 9.17) is 23.7 Å². The van der Waals surface area contributed by atoms with Crippen molar-refractivity contribution < 1.29 is 58.5 Å². The lowest BCUT2D eigenvalue weighted by atomic mass is 9.47. The first kappa shape index (κ1) is 36.4. The second-order valence-electron chi connectivity index (χ2n) is 14.9. The number of alkyl carbamates (subject to hydrolysis) is 1. The van der Waals surface area contributed by atoms with Gasteiger partial charge in [-0.3, -0.25) is 4.79 Å². The Morgan fingerprint density at radius 1 is 1.08 bits per heavy atom. The number of esters is 1. The average Bonchev–Trinajstić information content (AvgIpc) is 3.02. The lowest BCUT2D eigenvalue weighted by Gasteiger charge is -2.65. The Bertz CT molecular complexity index is 1440. The van der Waals surface area contributed by atoms with Gasteiger partial charge in [0.05, 0.1) is 36.4 Å². The van der Waals surface area contributed by atoms with Crippen LogP contribution in [0.25, 0.3) is 0 Å². The number of ether oxygens (including phenoxy) is 5. The van der Waals surface area contributed by atoms with Crippen molar-refractivity contribution in [3.63, 3.8) is 0 Å².